The molecule has 0 N–H and O–H groups in total. The molecule has 0 fully saturated rings. The molecule has 15 heavy (non-hydrogen) atoms. The first kappa shape index (κ1) is 10.2. The first-order valence-electron chi connectivity index (χ1n) is 4.60. The normalized spacial score (nSPS) is 10.3. The molecule has 0 saturated carbocycles. The molecular weight excluding hydrogens is 256 g/mol. The van der Waals surface area contributed by atoms with E-state index in [0.29, 0.717) is 6.61 Å². The monoisotopic (exact) mass is 266 g/mol. The molecule has 0 unspecified atom stereocenters. The zero-order valence-electron chi connectivity index (χ0n) is 8.35. The van der Waals surface area contributed by atoms with E-state index in [2.05, 4.69) is 20.9 Å². The number of aromatic nitrogens is 2. The van der Waals surface area contributed by atoms with Crippen LogP contribution in [0.3, 0.4) is 0 Å². The number of benzene rings is 1. The van der Waals surface area contributed by atoms with Crippen LogP contribution < -0.4 is 4.74 Å². The second-order valence-corrected chi connectivity index (χ2v) is 4.07. The molecule has 4 heteroatoms. The van der Waals surface area contributed by atoms with E-state index < -0.39 is 0 Å². The Balaban J connectivity index is 2.06. The summed E-state index contributed by atoms with van der Waals surface area (Å²) in [5.41, 5.74) is 1.05. The summed E-state index contributed by atoms with van der Waals surface area (Å²) in [7, 11) is 1.95. The number of ether oxygens (including phenoxy) is 1. The molecular formula is C11H11BrN2O. The number of hydrogen-bond donors (Lipinski definition) is 0. The Morgan fingerprint density at radius 1 is 1.40 bits per heavy atom. The van der Waals surface area contributed by atoms with Gasteiger partial charge in [0.25, 0.3) is 0 Å². The molecule has 1 aromatic carbocycles. The largest absolute Gasteiger partial charge is 0.486 e. The first-order valence-corrected chi connectivity index (χ1v) is 5.39. The lowest BCUT2D eigenvalue weighted by atomic mass is 10.3. The van der Waals surface area contributed by atoms with Gasteiger partial charge in [0.2, 0.25) is 0 Å². The third kappa shape index (κ3) is 2.39. The zero-order chi connectivity index (χ0) is 10.7. The van der Waals surface area contributed by atoms with Gasteiger partial charge in [-0.25, -0.2) is 4.98 Å². The van der Waals surface area contributed by atoms with Crippen molar-refractivity contribution in [2.45, 2.75) is 6.61 Å². The fraction of sp³-hybridized carbons (Fsp3) is 0.182. The molecule has 0 amide bonds. The fourth-order valence-electron chi connectivity index (χ4n) is 1.24. The van der Waals surface area contributed by atoms with Crippen molar-refractivity contribution in [3.05, 3.63) is 47.0 Å². The molecule has 3 nitrogen and oxygen atoms in total. The molecule has 78 valence electrons. The number of aryl methyl sites for hydroxylation is 1. The third-order valence-electron chi connectivity index (χ3n) is 2.13. The first-order chi connectivity index (χ1) is 7.27. The average molecular weight is 267 g/mol. The fourth-order valence-corrected chi connectivity index (χ4v) is 1.64. The molecule has 0 aliphatic rings. The lowest BCUT2D eigenvalue weighted by molar-refractivity contribution is 0.295. The number of hydrogen-bond acceptors (Lipinski definition) is 2. The highest BCUT2D eigenvalue weighted by atomic mass is 79.9. The van der Waals surface area contributed by atoms with Crippen molar-refractivity contribution >= 4 is 15.9 Å². The van der Waals surface area contributed by atoms with Crippen molar-refractivity contribution < 1.29 is 4.74 Å². The van der Waals surface area contributed by atoms with E-state index in [0.717, 1.165) is 15.9 Å². The zero-order valence-corrected chi connectivity index (χ0v) is 9.94. The van der Waals surface area contributed by atoms with Gasteiger partial charge in [0.1, 0.15) is 12.4 Å². The van der Waals surface area contributed by atoms with Gasteiger partial charge in [0.15, 0.2) is 0 Å². The Morgan fingerprint density at radius 3 is 2.87 bits per heavy atom. The molecule has 0 saturated heterocycles. The van der Waals surface area contributed by atoms with Gasteiger partial charge in [-0.15, -0.1) is 0 Å². The summed E-state index contributed by atoms with van der Waals surface area (Å²) in [5.74, 6) is 0.846. The molecule has 0 aliphatic carbocycles. The number of para-hydroxylation sites is 1. The molecule has 0 aliphatic heterocycles. The average Bonchev–Trinajstić information content (AvgIpc) is 2.63. The van der Waals surface area contributed by atoms with Crippen molar-refractivity contribution in [1.82, 2.24) is 9.55 Å². The van der Waals surface area contributed by atoms with Crippen LogP contribution in [0, 0.1) is 0 Å². The van der Waals surface area contributed by atoms with Gasteiger partial charge in [-0.1, -0.05) is 12.1 Å². The molecule has 0 spiro atoms. The van der Waals surface area contributed by atoms with Crippen molar-refractivity contribution in [2.75, 3.05) is 0 Å². The molecule has 1 heterocycles. The van der Waals surface area contributed by atoms with E-state index in [1.165, 1.54) is 0 Å². The maximum Gasteiger partial charge on any atom is 0.134 e. The SMILES string of the molecule is Cn1cncc1COc1ccccc1Br. The van der Waals surface area contributed by atoms with Gasteiger partial charge in [-0.3, -0.25) is 0 Å². The number of halogens is 1. The summed E-state index contributed by atoms with van der Waals surface area (Å²) in [6.45, 7) is 0.527. The molecule has 2 aromatic rings. The number of rotatable bonds is 3. The topological polar surface area (TPSA) is 27.1 Å². The van der Waals surface area contributed by atoms with Crippen LogP contribution in [0.25, 0.3) is 0 Å². The third-order valence-corrected chi connectivity index (χ3v) is 2.78. The maximum atomic E-state index is 5.65. The van der Waals surface area contributed by atoms with Gasteiger partial charge in [-0.2, -0.15) is 0 Å². The molecule has 1 aromatic heterocycles. The summed E-state index contributed by atoms with van der Waals surface area (Å²) < 4.78 is 8.56. The summed E-state index contributed by atoms with van der Waals surface area (Å²) in [6.07, 6.45) is 3.57. The van der Waals surface area contributed by atoms with E-state index in [9.17, 15) is 0 Å². The Kier molecular flexibility index (Phi) is 3.06. The van der Waals surface area contributed by atoms with Gasteiger partial charge >= 0.3 is 0 Å². The molecule has 0 atom stereocenters. The highest BCUT2D eigenvalue weighted by molar-refractivity contribution is 9.10. The number of nitrogens with zero attached hydrogens (tertiary/aromatic N) is 2. The minimum absolute atomic E-state index is 0.527. The molecule has 0 radical (unpaired) electrons. The van der Waals surface area contributed by atoms with Crippen molar-refractivity contribution in [1.29, 1.82) is 0 Å². The highest BCUT2D eigenvalue weighted by Crippen LogP contribution is 2.24. The second-order valence-electron chi connectivity index (χ2n) is 3.21. The van der Waals surface area contributed by atoms with Crippen LogP contribution in [0.4, 0.5) is 0 Å². The van der Waals surface area contributed by atoms with E-state index in [1.807, 2.05) is 35.9 Å². The predicted molar refractivity (Wildman–Crippen MR) is 61.7 cm³/mol. The number of imidazole rings is 1. The van der Waals surface area contributed by atoms with Crippen molar-refractivity contribution in [3.8, 4) is 5.75 Å². The summed E-state index contributed by atoms with van der Waals surface area (Å²) >= 11 is 3.43. The van der Waals surface area contributed by atoms with Crippen LogP contribution in [0.15, 0.2) is 41.3 Å². The minimum atomic E-state index is 0.527. The quantitative estimate of drug-likeness (QED) is 0.855. The van der Waals surface area contributed by atoms with Crippen molar-refractivity contribution in [2.24, 2.45) is 7.05 Å². The van der Waals surface area contributed by atoms with Gasteiger partial charge in [-0.05, 0) is 28.1 Å². The van der Waals surface area contributed by atoms with Crippen LogP contribution in [0.2, 0.25) is 0 Å². The lowest BCUT2D eigenvalue weighted by Gasteiger charge is -2.07. The van der Waals surface area contributed by atoms with Crippen LogP contribution in [-0.2, 0) is 13.7 Å². The maximum absolute atomic E-state index is 5.65. The van der Waals surface area contributed by atoms with Crippen LogP contribution >= 0.6 is 15.9 Å². The molecule has 2 rings (SSSR count). The molecule has 0 bridgehead atoms. The van der Waals surface area contributed by atoms with Gasteiger partial charge < -0.3 is 9.30 Å². The smallest absolute Gasteiger partial charge is 0.134 e. The van der Waals surface area contributed by atoms with E-state index >= 15 is 0 Å². The standard InChI is InChI=1S/C11H11BrN2O/c1-14-8-13-6-9(14)7-15-11-5-3-2-4-10(11)12/h2-6,8H,7H2,1H3. The van der Waals surface area contributed by atoms with Crippen LogP contribution in [0.1, 0.15) is 5.69 Å². The highest BCUT2D eigenvalue weighted by Gasteiger charge is 2.02. The van der Waals surface area contributed by atoms with Gasteiger partial charge in [0, 0.05) is 7.05 Å². The minimum Gasteiger partial charge on any atom is -0.486 e. The summed E-state index contributed by atoms with van der Waals surface area (Å²) in [4.78, 5) is 4.03. The van der Waals surface area contributed by atoms with E-state index in [1.54, 1.807) is 12.5 Å². The van der Waals surface area contributed by atoms with Crippen LogP contribution in [0.5, 0.6) is 5.75 Å². The Hall–Kier alpha value is -1.29. The van der Waals surface area contributed by atoms with E-state index in [4.69, 9.17) is 4.74 Å². The van der Waals surface area contributed by atoms with Crippen molar-refractivity contribution in [3.63, 3.8) is 0 Å². The Morgan fingerprint density at radius 2 is 2.20 bits per heavy atom. The Bertz CT molecular complexity index is 453. The predicted octanol–water partition coefficient (Wildman–Crippen LogP) is 2.76. The van der Waals surface area contributed by atoms with Gasteiger partial charge in [0.05, 0.1) is 22.7 Å². The Labute approximate surface area is 96.8 Å². The second kappa shape index (κ2) is 4.49. The lowest BCUT2D eigenvalue weighted by Crippen LogP contribution is -2.01. The van der Waals surface area contributed by atoms with Crippen LogP contribution in [-0.4, -0.2) is 9.55 Å². The summed E-state index contributed by atoms with van der Waals surface area (Å²) in [5, 5.41) is 0. The summed E-state index contributed by atoms with van der Waals surface area (Å²) in [6, 6.07) is 7.80. The van der Waals surface area contributed by atoms with E-state index in [-0.39, 0.29) is 0 Å².